The fourth-order valence-corrected chi connectivity index (χ4v) is 4.37. The summed E-state index contributed by atoms with van der Waals surface area (Å²) in [5.74, 6) is -0.0682. The monoisotopic (exact) mass is 436 g/mol. The molecule has 0 saturated carbocycles. The second-order valence-electron chi connectivity index (χ2n) is 8.52. The Labute approximate surface area is 189 Å². The number of rotatable bonds is 9. The highest BCUT2D eigenvalue weighted by molar-refractivity contribution is 6.34. The Bertz CT molecular complexity index is 1000. The van der Waals surface area contributed by atoms with E-state index in [1.165, 1.54) is 11.3 Å². The van der Waals surface area contributed by atoms with E-state index in [1.807, 2.05) is 35.2 Å². The third-order valence-corrected chi connectivity index (χ3v) is 6.53. The third kappa shape index (κ3) is 4.95. The molecule has 1 fully saturated rings. The van der Waals surface area contributed by atoms with E-state index < -0.39 is 0 Å². The molecule has 2 aliphatic heterocycles. The molecule has 2 N–H and O–H groups in total. The van der Waals surface area contributed by atoms with Gasteiger partial charge in [-0.2, -0.15) is 0 Å². The number of aromatic nitrogens is 1. The number of carbonyl (C=O) groups is 2. The maximum Gasteiger partial charge on any atom is 0.256 e. The van der Waals surface area contributed by atoms with Crippen LogP contribution in [0, 0.1) is 13.8 Å². The van der Waals surface area contributed by atoms with Crippen molar-refractivity contribution in [2.75, 3.05) is 51.3 Å². The lowest BCUT2D eigenvalue weighted by Gasteiger charge is -2.28. The molecule has 0 aliphatic carbocycles. The number of fused-ring (bicyclic) bond motifs is 1. The Balaban J connectivity index is 1.36. The minimum Gasteiger partial charge on any atom is -0.379 e. The number of aromatic amines is 1. The summed E-state index contributed by atoms with van der Waals surface area (Å²) in [4.78, 5) is 31.7. The Morgan fingerprint density at radius 1 is 1.12 bits per heavy atom. The van der Waals surface area contributed by atoms with Crippen LogP contribution < -0.4 is 5.32 Å². The number of benzene rings is 1. The molecular formula is C25H32N4O3. The lowest BCUT2D eigenvalue weighted by atomic mass is 10.0. The van der Waals surface area contributed by atoms with Crippen molar-refractivity contribution < 1.29 is 14.3 Å². The topological polar surface area (TPSA) is 77.7 Å². The minimum atomic E-state index is -0.0682. The van der Waals surface area contributed by atoms with Gasteiger partial charge in [-0.05, 0) is 50.0 Å². The molecule has 0 radical (unpaired) electrons. The van der Waals surface area contributed by atoms with E-state index in [0.717, 1.165) is 87.7 Å². The van der Waals surface area contributed by atoms with Crippen LogP contribution >= 0.6 is 0 Å². The average molecular weight is 437 g/mol. The Morgan fingerprint density at radius 2 is 1.91 bits per heavy atom. The van der Waals surface area contributed by atoms with E-state index in [2.05, 4.69) is 29.0 Å². The first kappa shape index (κ1) is 22.3. The van der Waals surface area contributed by atoms with E-state index in [-0.39, 0.29) is 5.91 Å². The molecule has 2 amide bonds. The van der Waals surface area contributed by atoms with Gasteiger partial charge in [0.25, 0.3) is 5.91 Å². The third-order valence-electron chi connectivity index (χ3n) is 6.53. The second kappa shape index (κ2) is 10.1. The van der Waals surface area contributed by atoms with Gasteiger partial charge in [0.15, 0.2) is 0 Å². The van der Waals surface area contributed by atoms with Crippen LogP contribution in [0.2, 0.25) is 0 Å². The molecule has 0 unspecified atom stereocenters. The van der Waals surface area contributed by atoms with E-state index in [1.54, 1.807) is 0 Å². The average Bonchev–Trinajstić information content (AvgIpc) is 3.27. The molecule has 1 aromatic carbocycles. The Morgan fingerprint density at radius 3 is 2.69 bits per heavy atom. The fraction of sp³-hybridized carbons (Fsp3) is 0.440. The van der Waals surface area contributed by atoms with Crippen LogP contribution in [0.5, 0.6) is 0 Å². The van der Waals surface area contributed by atoms with Gasteiger partial charge in [-0.1, -0.05) is 18.2 Å². The van der Waals surface area contributed by atoms with Gasteiger partial charge in [0.1, 0.15) is 0 Å². The smallest absolute Gasteiger partial charge is 0.256 e. The number of H-pyrrole nitrogens is 1. The van der Waals surface area contributed by atoms with Crippen LogP contribution in [0.25, 0.3) is 11.6 Å². The molecule has 170 valence electrons. The fourth-order valence-electron chi connectivity index (χ4n) is 4.37. The molecule has 0 spiro atoms. The van der Waals surface area contributed by atoms with Crippen molar-refractivity contribution >= 4 is 29.7 Å². The lowest BCUT2D eigenvalue weighted by molar-refractivity contribution is -0.118. The van der Waals surface area contributed by atoms with Crippen LogP contribution in [0.4, 0.5) is 5.69 Å². The van der Waals surface area contributed by atoms with Crippen LogP contribution in [0.15, 0.2) is 24.3 Å². The number of hydrogen-bond acceptors (Lipinski definition) is 4. The summed E-state index contributed by atoms with van der Waals surface area (Å²) in [6.07, 6.45) is 4.66. The molecule has 0 bridgehead atoms. The summed E-state index contributed by atoms with van der Waals surface area (Å²) < 4.78 is 5.38. The molecule has 1 saturated heterocycles. The van der Waals surface area contributed by atoms with Gasteiger partial charge in [-0.3, -0.25) is 14.5 Å². The van der Waals surface area contributed by atoms with E-state index in [9.17, 15) is 9.59 Å². The molecule has 4 rings (SSSR count). The number of nitrogens with one attached hydrogen (secondary N) is 2. The van der Waals surface area contributed by atoms with Crippen LogP contribution in [0.1, 0.15) is 34.5 Å². The van der Waals surface area contributed by atoms with Crippen molar-refractivity contribution in [3.05, 3.63) is 52.3 Å². The van der Waals surface area contributed by atoms with Gasteiger partial charge in [-0.15, -0.1) is 0 Å². The number of aryl methyl sites for hydroxylation is 1. The van der Waals surface area contributed by atoms with Gasteiger partial charge < -0.3 is 19.9 Å². The Kier molecular flexibility index (Phi) is 7.07. The molecule has 0 atom stereocenters. The number of morpholine rings is 1. The van der Waals surface area contributed by atoms with Crippen molar-refractivity contribution in [3.63, 3.8) is 0 Å². The minimum absolute atomic E-state index is 0.0682. The van der Waals surface area contributed by atoms with Crippen LogP contribution in [-0.4, -0.2) is 73.0 Å². The van der Waals surface area contributed by atoms with Gasteiger partial charge >= 0.3 is 0 Å². The standard InChI is InChI=1S/C25H32N4O3/c1-18-19(2)24(16-21-20-6-3-4-7-23(20)27-25(21)31)26-22(18)8-5-9-29(17-30)11-10-28-12-14-32-15-13-28/h3-4,6-7,16-17,26H,5,8-15H2,1-2H3,(H,27,31)/b21-16-. The summed E-state index contributed by atoms with van der Waals surface area (Å²) in [7, 11) is 0. The summed E-state index contributed by atoms with van der Waals surface area (Å²) in [5.41, 5.74) is 6.99. The number of amides is 2. The summed E-state index contributed by atoms with van der Waals surface area (Å²) in [6.45, 7) is 10.0. The number of hydrogen-bond donors (Lipinski definition) is 2. The number of anilines is 1. The van der Waals surface area contributed by atoms with E-state index >= 15 is 0 Å². The highest BCUT2D eigenvalue weighted by atomic mass is 16.5. The maximum absolute atomic E-state index is 12.5. The first-order valence-corrected chi connectivity index (χ1v) is 11.4. The first-order chi connectivity index (χ1) is 15.6. The highest BCUT2D eigenvalue weighted by Crippen LogP contribution is 2.33. The zero-order valence-electron chi connectivity index (χ0n) is 18.9. The van der Waals surface area contributed by atoms with E-state index in [0.29, 0.717) is 5.57 Å². The van der Waals surface area contributed by atoms with Gasteiger partial charge in [0.2, 0.25) is 6.41 Å². The van der Waals surface area contributed by atoms with Crippen molar-refractivity contribution in [2.45, 2.75) is 26.7 Å². The Hall–Kier alpha value is -2.90. The van der Waals surface area contributed by atoms with Gasteiger partial charge in [0.05, 0.1) is 18.8 Å². The molecule has 7 heteroatoms. The lowest BCUT2D eigenvalue weighted by Crippen LogP contribution is -2.41. The van der Waals surface area contributed by atoms with Crippen LogP contribution in [0.3, 0.4) is 0 Å². The zero-order chi connectivity index (χ0) is 22.5. The number of para-hydroxylation sites is 1. The molecular weight excluding hydrogens is 404 g/mol. The number of carbonyl (C=O) groups excluding carboxylic acids is 2. The summed E-state index contributed by atoms with van der Waals surface area (Å²) in [6, 6.07) is 7.76. The van der Waals surface area contributed by atoms with Crippen molar-refractivity contribution in [1.29, 1.82) is 0 Å². The molecule has 7 nitrogen and oxygen atoms in total. The van der Waals surface area contributed by atoms with Gasteiger partial charge in [-0.25, -0.2) is 0 Å². The van der Waals surface area contributed by atoms with Crippen molar-refractivity contribution in [3.8, 4) is 0 Å². The highest BCUT2D eigenvalue weighted by Gasteiger charge is 2.24. The van der Waals surface area contributed by atoms with Crippen LogP contribution in [-0.2, 0) is 20.7 Å². The number of ether oxygens (including phenoxy) is 1. The molecule has 2 aromatic rings. The molecule has 2 aliphatic rings. The van der Waals surface area contributed by atoms with Gasteiger partial charge in [0, 0.05) is 55.4 Å². The zero-order valence-corrected chi connectivity index (χ0v) is 18.9. The SMILES string of the molecule is Cc1c(/C=C2\C(=O)Nc3ccccc32)[nH]c(CCCN(C=O)CCN2CCOCC2)c1C. The first-order valence-electron chi connectivity index (χ1n) is 11.4. The summed E-state index contributed by atoms with van der Waals surface area (Å²) >= 11 is 0. The molecule has 32 heavy (non-hydrogen) atoms. The predicted octanol–water partition coefficient (Wildman–Crippen LogP) is 2.85. The maximum atomic E-state index is 12.5. The van der Waals surface area contributed by atoms with Crippen molar-refractivity contribution in [1.82, 2.24) is 14.8 Å². The van der Waals surface area contributed by atoms with E-state index in [4.69, 9.17) is 4.74 Å². The largest absolute Gasteiger partial charge is 0.379 e. The molecule has 3 heterocycles. The quantitative estimate of drug-likeness (QED) is 0.468. The van der Waals surface area contributed by atoms with Crippen molar-refractivity contribution in [2.24, 2.45) is 0 Å². The second-order valence-corrected chi connectivity index (χ2v) is 8.52. The normalized spacial score (nSPS) is 17.4. The molecule has 1 aromatic heterocycles. The number of nitrogens with zero attached hydrogens (tertiary/aromatic N) is 2. The predicted molar refractivity (Wildman–Crippen MR) is 126 cm³/mol. The summed E-state index contributed by atoms with van der Waals surface area (Å²) in [5, 5.41) is 2.93.